The van der Waals surface area contributed by atoms with Gasteiger partial charge in [0.1, 0.15) is 12.2 Å². The summed E-state index contributed by atoms with van der Waals surface area (Å²) in [6.07, 6.45) is 5.96. The van der Waals surface area contributed by atoms with E-state index in [0.29, 0.717) is 11.1 Å². The highest BCUT2D eigenvalue weighted by Crippen LogP contribution is 2.36. The molecule has 5 nitrogen and oxygen atoms in total. The van der Waals surface area contributed by atoms with Crippen LogP contribution in [0.1, 0.15) is 54.4 Å². The predicted octanol–water partition coefficient (Wildman–Crippen LogP) is 5.75. The molecule has 0 saturated heterocycles. The number of fused-ring (bicyclic) bond motifs is 1. The summed E-state index contributed by atoms with van der Waals surface area (Å²) >= 11 is 0. The quantitative estimate of drug-likeness (QED) is 0.485. The van der Waals surface area contributed by atoms with Crippen LogP contribution in [0.5, 0.6) is 17.2 Å². The van der Waals surface area contributed by atoms with Crippen LogP contribution in [-0.2, 0) is 0 Å². The molecule has 1 N–H and O–H groups in total. The molecule has 0 radical (unpaired) electrons. The van der Waals surface area contributed by atoms with Crippen molar-refractivity contribution in [2.75, 3.05) is 6.61 Å². The third kappa shape index (κ3) is 5.91. The Balaban J connectivity index is 2.23. The van der Waals surface area contributed by atoms with Gasteiger partial charge in [-0.15, -0.1) is 0 Å². The van der Waals surface area contributed by atoms with Crippen molar-refractivity contribution in [3.63, 3.8) is 0 Å². The van der Waals surface area contributed by atoms with E-state index >= 15 is 0 Å². The van der Waals surface area contributed by atoms with E-state index in [1.165, 1.54) is 5.57 Å². The zero-order valence-corrected chi connectivity index (χ0v) is 17.6. The Morgan fingerprint density at radius 3 is 2.54 bits per heavy atom. The molecule has 1 aromatic heterocycles. The van der Waals surface area contributed by atoms with Gasteiger partial charge in [-0.25, -0.2) is 4.79 Å². The van der Waals surface area contributed by atoms with E-state index in [2.05, 4.69) is 19.9 Å². The Hall–Kier alpha value is -2.69. The molecule has 28 heavy (non-hydrogen) atoms. The number of allylic oxidation sites excluding steroid dienone is 3. The maximum atomic E-state index is 12.4. The summed E-state index contributed by atoms with van der Waals surface area (Å²) < 4.78 is 16.8. The fourth-order valence-electron chi connectivity index (χ4n) is 2.66. The van der Waals surface area contributed by atoms with E-state index < -0.39 is 11.2 Å². The van der Waals surface area contributed by atoms with E-state index in [1.807, 2.05) is 33.8 Å². The van der Waals surface area contributed by atoms with Crippen LogP contribution in [0.25, 0.3) is 11.0 Å². The number of para-hydroxylation sites is 1. The molecular formula is C23H30O5. The Kier molecular flexibility index (Phi) is 6.95. The molecule has 5 heteroatoms. The van der Waals surface area contributed by atoms with Crippen molar-refractivity contribution in [2.45, 2.75) is 60.0 Å². The van der Waals surface area contributed by atoms with Crippen molar-refractivity contribution in [1.82, 2.24) is 0 Å². The van der Waals surface area contributed by atoms with Gasteiger partial charge in [0, 0.05) is 0 Å². The predicted molar refractivity (Wildman–Crippen MR) is 112 cm³/mol. The summed E-state index contributed by atoms with van der Waals surface area (Å²) in [6, 6.07) is 5.10. The molecule has 0 amide bonds. The largest absolute Gasteiger partial charge is 0.504 e. The Morgan fingerprint density at radius 1 is 1.18 bits per heavy atom. The maximum absolute atomic E-state index is 12.4. The van der Waals surface area contributed by atoms with E-state index in [9.17, 15) is 9.90 Å². The average Bonchev–Trinajstić information content (AvgIpc) is 2.57. The molecule has 0 aliphatic rings. The van der Waals surface area contributed by atoms with Crippen molar-refractivity contribution in [1.29, 1.82) is 0 Å². The highest BCUT2D eigenvalue weighted by atomic mass is 16.5. The van der Waals surface area contributed by atoms with Gasteiger partial charge < -0.3 is 19.0 Å². The Labute approximate surface area is 166 Å². The second kappa shape index (κ2) is 9.00. The molecule has 0 bridgehead atoms. The van der Waals surface area contributed by atoms with Crippen molar-refractivity contribution in [2.24, 2.45) is 0 Å². The van der Waals surface area contributed by atoms with E-state index in [-0.39, 0.29) is 23.7 Å². The summed E-state index contributed by atoms with van der Waals surface area (Å²) in [5, 5.41) is 10.9. The van der Waals surface area contributed by atoms with Gasteiger partial charge in [0.25, 0.3) is 0 Å². The van der Waals surface area contributed by atoms with Gasteiger partial charge in [-0.3, -0.25) is 0 Å². The second-order valence-corrected chi connectivity index (χ2v) is 8.10. The maximum Gasteiger partial charge on any atom is 0.383 e. The Bertz CT molecular complexity index is 938. The molecule has 0 atom stereocenters. The number of ether oxygens (including phenoxy) is 2. The summed E-state index contributed by atoms with van der Waals surface area (Å²) in [6.45, 7) is 12.0. The molecule has 0 aliphatic carbocycles. The highest BCUT2D eigenvalue weighted by molar-refractivity contribution is 5.89. The molecule has 1 heterocycles. The minimum absolute atomic E-state index is 0.183. The number of hydrogen-bond acceptors (Lipinski definition) is 5. The van der Waals surface area contributed by atoms with Gasteiger partial charge in [0.05, 0.1) is 5.39 Å². The number of aromatic hydroxyl groups is 1. The lowest BCUT2D eigenvalue weighted by molar-refractivity contribution is 0.131. The zero-order chi connectivity index (χ0) is 20.9. The molecule has 0 saturated carbocycles. The van der Waals surface area contributed by atoms with Crippen LogP contribution < -0.4 is 15.1 Å². The van der Waals surface area contributed by atoms with Gasteiger partial charge in [0.15, 0.2) is 17.1 Å². The second-order valence-electron chi connectivity index (χ2n) is 8.10. The first-order valence-electron chi connectivity index (χ1n) is 9.48. The molecule has 0 spiro atoms. The van der Waals surface area contributed by atoms with Crippen molar-refractivity contribution < 1.29 is 19.0 Å². The van der Waals surface area contributed by atoms with Crippen LogP contribution in [0.3, 0.4) is 0 Å². The normalized spacial score (nSPS) is 12.1. The molecule has 152 valence electrons. The average molecular weight is 386 g/mol. The number of hydrogen-bond donors (Lipinski definition) is 1. The van der Waals surface area contributed by atoms with Gasteiger partial charge in [-0.1, -0.05) is 23.3 Å². The Morgan fingerprint density at radius 2 is 1.89 bits per heavy atom. The smallest absolute Gasteiger partial charge is 0.383 e. The molecule has 2 aromatic rings. The first-order valence-corrected chi connectivity index (χ1v) is 9.48. The number of benzene rings is 1. The lowest BCUT2D eigenvalue weighted by Crippen LogP contribution is -2.23. The summed E-state index contributed by atoms with van der Waals surface area (Å²) in [5.41, 5.74) is 1.46. The van der Waals surface area contributed by atoms with E-state index in [4.69, 9.17) is 13.9 Å². The zero-order valence-electron chi connectivity index (χ0n) is 17.6. The van der Waals surface area contributed by atoms with Crippen LogP contribution in [-0.4, -0.2) is 17.3 Å². The standard InChI is InChI=1S/C23H30O5/c1-15(2)9-7-10-16(3)13-14-26-21-19(24)17-11-8-12-18(28-23(4,5)6)20(17)27-22(21)25/h8-9,11-13,24H,7,10,14H2,1-6H3/b16-13+. The molecule has 0 aliphatic heterocycles. The summed E-state index contributed by atoms with van der Waals surface area (Å²) in [5.74, 6) is -0.0195. The summed E-state index contributed by atoms with van der Waals surface area (Å²) in [4.78, 5) is 12.4. The van der Waals surface area contributed by atoms with Gasteiger partial charge in [-0.2, -0.15) is 0 Å². The lowest BCUT2D eigenvalue weighted by Gasteiger charge is -2.21. The first kappa shape index (κ1) is 21.6. The third-order valence-electron chi connectivity index (χ3n) is 4.00. The molecule has 1 aromatic carbocycles. The van der Waals surface area contributed by atoms with Crippen LogP contribution in [0.15, 0.2) is 50.7 Å². The van der Waals surface area contributed by atoms with Gasteiger partial charge >= 0.3 is 5.63 Å². The molecule has 0 unspecified atom stereocenters. The van der Waals surface area contributed by atoms with Gasteiger partial charge in [-0.05, 0) is 72.6 Å². The minimum Gasteiger partial charge on any atom is -0.504 e. The van der Waals surface area contributed by atoms with Crippen molar-refractivity contribution in [3.05, 3.63) is 51.9 Å². The lowest BCUT2D eigenvalue weighted by atomic mass is 10.1. The summed E-state index contributed by atoms with van der Waals surface area (Å²) in [7, 11) is 0. The van der Waals surface area contributed by atoms with Crippen LogP contribution >= 0.6 is 0 Å². The van der Waals surface area contributed by atoms with Crippen LogP contribution in [0.4, 0.5) is 0 Å². The topological polar surface area (TPSA) is 68.9 Å². The highest BCUT2D eigenvalue weighted by Gasteiger charge is 2.20. The first-order chi connectivity index (χ1) is 13.1. The fraction of sp³-hybridized carbons (Fsp3) is 0.435. The minimum atomic E-state index is -0.731. The van der Waals surface area contributed by atoms with E-state index in [0.717, 1.165) is 18.4 Å². The molecular weight excluding hydrogens is 356 g/mol. The van der Waals surface area contributed by atoms with Gasteiger partial charge in [0.2, 0.25) is 5.75 Å². The monoisotopic (exact) mass is 386 g/mol. The van der Waals surface area contributed by atoms with Crippen LogP contribution in [0.2, 0.25) is 0 Å². The number of rotatable bonds is 7. The van der Waals surface area contributed by atoms with E-state index in [1.54, 1.807) is 18.2 Å². The SMILES string of the molecule is CC(C)=CCC/C(C)=C/COc1c(O)c2cccc(OC(C)(C)C)c2oc1=O. The van der Waals surface area contributed by atoms with Crippen molar-refractivity contribution in [3.8, 4) is 17.2 Å². The molecule has 0 fully saturated rings. The van der Waals surface area contributed by atoms with Crippen molar-refractivity contribution >= 4 is 11.0 Å². The molecule has 2 rings (SSSR count). The third-order valence-corrected chi connectivity index (χ3v) is 4.00. The van der Waals surface area contributed by atoms with Crippen LogP contribution in [0, 0.1) is 0 Å². The fourth-order valence-corrected chi connectivity index (χ4v) is 2.66.